The Bertz CT molecular complexity index is 690. The normalized spacial score (nSPS) is 17.5. The van der Waals surface area contributed by atoms with Crippen LogP contribution in [0.15, 0.2) is 29.2 Å². The van der Waals surface area contributed by atoms with Gasteiger partial charge in [0.15, 0.2) is 0 Å². The second kappa shape index (κ2) is 9.00. The van der Waals surface area contributed by atoms with E-state index in [1.165, 1.54) is 4.31 Å². The zero-order valence-corrected chi connectivity index (χ0v) is 17.3. The van der Waals surface area contributed by atoms with Crippen molar-refractivity contribution in [2.45, 2.75) is 57.8 Å². The fraction of sp³-hybridized carbons (Fsp3) is 0.650. The van der Waals surface area contributed by atoms with Crippen LogP contribution in [0.3, 0.4) is 0 Å². The molecule has 2 rings (SSSR count). The average molecular weight is 381 g/mol. The summed E-state index contributed by atoms with van der Waals surface area (Å²) in [4.78, 5) is 14.5. The van der Waals surface area contributed by atoms with E-state index in [9.17, 15) is 13.2 Å². The molecule has 1 aromatic carbocycles. The summed E-state index contributed by atoms with van der Waals surface area (Å²) in [5.74, 6) is 0.898. The highest BCUT2D eigenvalue weighted by atomic mass is 32.2. The Morgan fingerprint density at radius 2 is 1.62 bits per heavy atom. The first-order valence-corrected chi connectivity index (χ1v) is 11.1. The molecule has 146 valence electrons. The quantitative estimate of drug-likeness (QED) is 0.728. The Hall–Kier alpha value is -1.40. The second-order valence-electron chi connectivity index (χ2n) is 7.61. The lowest BCUT2D eigenvalue weighted by molar-refractivity contribution is -0.133. The van der Waals surface area contributed by atoms with Crippen LogP contribution < -0.4 is 0 Å². The van der Waals surface area contributed by atoms with E-state index in [0.717, 1.165) is 18.4 Å². The number of piperazine rings is 1. The Labute approximate surface area is 158 Å². The van der Waals surface area contributed by atoms with Gasteiger partial charge in [0, 0.05) is 32.6 Å². The highest BCUT2D eigenvalue weighted by Gasteiger charge is 2.30. The van der Waals surface area contributed by atoms with Crippen molar-refractivity contribution in [1.82, 2.24) is 9.21 Å². The lowest BCUT2D eigenvalue weighted by Gasteiger charge is -2.34. The van der Waals surface area contributed by atoms with Gasteiger partial charge in [-0.05, 0) is 29.5 Å². The molecule has 1 amide bonds. The maximum Gasteiger partial charge on any atom is 0.243 e. The molecule has 1 unspecified atom stereocenters. The summed E-state index contributed by atoms with van der Waals surface area (Å²) in [5, 5.41) is 0. The molecule has 0 N–H and O–H groups in total. The molecule has 0 saturated carbocycles. The average Bonchev–Trinajstić information content (AvgIpc) is 2.62. The van der Waals surface area contributed by atoms with E-state index in [-0.39, 0.29) is 5.91 Å². The molecule has 1 saturated heterocycles. The SMILES string of the molecule is CCCC(C)CC(=O)N1CCN(S(=O)(=O)c2ccc(C(C)C)cc2)CC1. The molecule has 1 aliphatic heterocycles. The van der Waals surface area contributed by atoms with Crippen LogP contribution in [0.25, 0.3) is 0 Å². The number of benzene rings is 1. The Balaban J connectivity index is 1.96. The summed E-state index contributed by atoms with van der Waals surface area (Å²) >= 11 is 0. The van der Waals surface area contributed by atoms with E-state index >= 15 is 0 Å². The fourth-order valence-electron chi connectivity index (χ4n) is 3.37. The summed E-state index contributed by atoms with van der Waals surface area (Å²) in [6, 6.07) is 7.14. The first-order valence-electron chi connectivity index (χ1n) is 9.63. The van der Waals surface area contributed by atoms with Gasteiger partial charge >= 0.3 is 0 Å². The highest BCUT2D eigenvalue weighted by molar-refractivity contribution is 7.89. The standard InChI is InChI=1S/C20H32N2O3S/c1-5-6-17(4)15-20(23)21-11-13-22(14-12-21)26(24,25)19-9-7-18(8-10-19)16(2)3/h7-10,16-17H,5-6,11-15H2,1-4H3. The summed E-state index contributed by atoms with van der Waals surface area (Å²) in [6.45, 7) is 10.1. The largest absolute Gasteiger partial charge is 0.340 e. The number of hydrogen-bond acceptors (Lipinski definition) is 3. The van der Waals surface area contributed by atoms with Gasteiger partial charge in [-0.2, -0.15) is 4.31 Å². The molecular weight excluding hydrogens is 348 g/mol. The van der Waals surface area contributed by atoms with Crippen molar-refractivity contribution in [3.8, 4) is 0 Å². The Morgan fingerprint density at radius 1 is 1.04 bits per heavy atom. The Kier molecular flexibility index (Phi) is 7.24. The third kappa shape index (κ3) is 5.07. The van der Waals surface area contributed by atoms with Crippen LogP contribution in [-0.4, -0.2) is 49.7 Å². The van der Waals surface area contributed by atoms with Crippen LogP contribution in [0.5, 0.6) is 0 Å². The molecule has 26 heavy (non-hydrogen) atoms. The molecule has 1 atom stereocenters. The van der Waals surface area contributed by atoms with Crippen LogP contribution in [-0.2, 0) is 14.8 Å². The molecule has 1 fully saturated rings. The molecule has 0 radical (unpaired) electrons. The van der Waals surface area contributed by atoms with Gasteiger partial charge in [-0.15, -0.1) is 0 Å². The molecule has 1 heterocycles. The van der Waals surface area contributed by atoms with Crippen molar-refractivity contribution in [2.75, 3.05) is 26.2 Å². The van der Waals surface area contributed by atoms with E-state index in [2.05, 4.69) is 27.7 Å². The predicted molar refractivity (Wildman–Crippen MR) is 105 cm³/mol. The topological polar surface area (TPSA) is 57.7 Å². The van der Waals surface area contributed by atoms with Gasteiger partial charge < -0.3 is 4.90 Å². The summed E-state index contributed by atoms with van der Waals surface area (Å²) in [7, 11) is -3.49. The van der Waals surface area contributed by atoms with E-state index in [1.807, 2.05) is 12.1 Å². The molecule has 1 aromatic rings. The van der Waals surface area contributed by atoms with E-state index < -0.39 is 10.0 Å². The number of carbonyl (C=O) groups excluding carboxylic acids is 1. The van der Waals surface area contributed by atoms with Crippen LogP contribution in [0.4, 0.5) is 0 Å². The summed E-state index contributed by atoms with van der Waals surface area (Å²) < 4.78 is 27.2. The smallest absolute Gasteiger partial charge is 0.243 e. The zero-order chi connectivity index (χ0) is 19.3. The second-order valence-corrected chi connectivity index (χ2v) is 9.54. The minimum Gasteiger partial charge on any atom is -0.340 e. The minimum atomic E-state index is -3.49. The van der Waals surface area contributed by atoms with Crippen LogP contribution in [0, 0.1) is 5.92 Å². The van der Waals surface area contributed by atoms with Crippen LogP contribution in [0.1, 0.15) is 58.4 Å². The zero-order valence-electron chi connectivity index (χ0n) is 16.4. The first-order chi connectivity index (χ1) is 12.3. The number of sulfonamides is 1. The molecule has 1 aliphatic rings. The number of rotatable bonds is 7. The van der Waals surface area contributed by atoms with E-state index in [0.29, 0.717) is 49.3 Å². The maximum absolute atomic E-state index is 12.8. The number of hydrogen-bond donors (Lipinski definition) is 0. The number of carbonyl (C=O) groups is 1. The molecule has 0 aliphatic carbocycles. The van der Waals surface area contributed by atoms with Crippen molar-refractivity contribution in [1.29, 1.82) is 0 Å². The summed E-state index contributed by atoms with van der Waals surface area (Å²) in [6.07, 6.45) is 2.68. The van der Waals surface area contributed by atoms with Gasteiger partial charge in [-0.1, -0.05) is 52.7 Å². The molecule has 5 nitrogen and oxygen atoms in total. The van der Waals surface area contributed by atoms with Crippen LogP contribution >= 0.6 is 0 Å². The third-order valence-corrected chi connectivity index (χ3v) is 6.99. The molecule has 0 spiro atoms. The highest BCUT2D eigenvalue weighted by Crippen LogP contribution is 2.22. The lowest BCUT2D eigenvalue weighted by Crippen LogP contribution is -2.50. The molecular formula is C20H32N2O3S. The van der Waals surface area contributed by atoms with Gasteiger partial charge in [-0.25, -0.2) is 8.42 Å². The van der Waals surface area contributed by atoms with E-state index in [4.69, 9.17) is 0 Å². The monoisotopic (exact) mass is 380 g/mol. The van der Waals surface area contributed by atoms with E-state index in [1.54, 1.807) is 17.0 Å². The van der Waals surface area contributed by atoms with Gasteiger partial charge in [0.25, 0.3) is 0 Å². The van der Waals surface area contributed by atoms with Gasteiger partial charge in [0.1, 0.15) is 0 Å². The van der Waals surface area contributed by atoms with Crippen molar-refractivity contribution in [3.05, 3.63) is 29.8 Å². The van der Waals surface area contributed by atoms with Crippen molar-refractivity contribution in [2.24, 2.45) is 5.92 Å². The van der Waals surface area contributed by atoms with Gasteiger partial charge in [0.05, 0.1) is 4.90 Å². The third-order valence-electron chi connectivity index (χ3n) is 5.08. The van der Waals surface area contributed by atoms with Crippen molar-refractivity contribution >= 4 is 15.9 Å². The molecule has 0 bridgehead atoms. The van der Waals surface area contributed by atoms with Gasteiger partial charge in [0.2, 0.25) is 15.9 Å². The first kappa shape index (κ1) is 20.9. The minimum absolute atomic E-state index is 0.143. The fourth-order valence-corrected chi connectivity index (χ4v) is 4.80. The predicted octanol–water partition coefficient (Wildman–Crippen LogP) is 3.47. The molecule has 6 heteroatoms. The maximum atomic E-state index is 12.8. The summed E-state index contributed by atoms with van der Waals surface area (Å²) in [5.41, 5.74) is 1.13. The van der Waals surface area contributed by atoms with Crippen molar-refractivity contribution in [3.63, 3.8) is 0 Å². The number of amides is 1. The lowest BCUT2D eigenvalue weighted by atomic mass is 10.0. The molecule has 0 aromatic heterocycles. The van der Waals surface area contributed by atoms with Crippen LogP contribution in [0.2, 0.25) is 0 Å². The van der Waals surface area contributed by atoms with Gasteiger partial charge in [-0.3, -0.25) is 4.79 Å². The number of nitrogens with zero attached hydrogens (tertiary/aromatic N) is 2. The van der Waals surface area contributed by atoms with Crippen molar-refractivity contribution < 1.29 is 13.2 Å². The Morgan fingerprint density at radius 3 is 2.12 bits per heavy atom.